The molecule has 2 aromatic carbocycles. The van der Waals surface area contributed by atoms with E-state index in [0.29, 0.717) is 18.9 Å². The molecule has 166 valence electrons. The molecular weight excluding hydrogens is 402 g/mol. The average molecular weight is 432 g/mol. The first-order valence-corrected chi connectivity index (χ1v) is 10.9. The fourth-order valence-electron chi connectivity index (χ4n) is 4.26. The summed E-state index contributed by atoms with van der Waals surface area (Å²) in [6.45, 7) is 2.75. The van der Waals surface area contributed by atoms with Gasteiger partial charge >= 0.3 is 0 Å². The van der Waals surface area contributed by atoms with E-state index in [2.05, 4.69) is 45.6 Å². The Kier molecular flexibility index (Phi) is 6.25. The van der Waals surface area contributed by atoms with Crippen LogP contribution >= 0.6 is 0 Å². The number of anilines is 2. The van der Waals surface area contributed by atoms with Gasteiger partial charge in [0.05, 0.1) is 25.2 Å². The maximum atomic E-state index is 13.0. The van der Waals surface area contributed by atoms with E-state index in [1.807, 2.05) is 32.3 Å². The molecule has 0 fully saturated rings. The second kappa shape index (κ2) is 9.26. The van der Waals surface area contributed by atoms with E-state index in [0.717, 1.165) is 23.2 Å². The Balaban J connectivity index is 1.47. The number of hydrogen-bond donors (Lipinski definition) is 1. The molecule has 7 heteroatoms. The number of aromatic nitrogens is 2. The lowest BCUT2D eigenvalue weighted by Gasteiger charge is -2.36. The fourth-order valence-corrected chi connectivity index (χ4v) is 4.26. The van der Waals surface area contributed by atoms with Crippen LogP contribution in [-0.4, -0.2) is 47.1 Å². The Morgan fingerprint density at radius 1 is 1.09 bits per heavy atom. The predicted molar refractivity (Wildman–Crippen MR) is 126 cm³/mol. The summed E-state index contributed by atoms with van der Waals surface area (Å²) in [6.07, 6.45) is 2.70. The van der Waals surface area contributed by atoms with Crippen molar-refractivity contribution < 1.29 is 9.59 Å². The summed E-state index contributed by atoms with van der Waals surface area (Å²) < 4.78 is 1.78. The zero-order chi connectivity index (χ0) is 22.7. The monoisotopic (exact) mass is 431 g/mol. The minimum Gasteiger partial charge on any atom is -0.378 e. The lowest BCUT2D eigenvalue weighted by molar-refractivity contribution is -0.132. The number of fused-ring (bicyclic) bond motifs is 1. The average Bonchev–Trinajstić information content (AvgIpc) is 3.20. The largest absolute Gasteiger partial charge is 0.378 e. The lowest BCUT2D eigenvalue weighted by atomic mass is 9.90. The molecule has 1 aromatic heterocycles. The molecule has 7 nitrogen and oxygen atoms in total. The zero-order valence-corrected chi connectivity index (χ0v) is 18.8. The molecule has 2 heterocycles. The van der Waals surface area contributed by atoms with Gasteiger partial charge in [0.1, 0.15) is 5.82 Å². The highest BCUT2D eigenvalue weighted by Crippen LogP contribution is 2.32. The van der Waals surface area contributed by atoms with Crippen molar-refractivity contribution in [1.29, 1.82) is 0 Å². The van der Waals surface area contributed by atoms with Gasteiger partial charge in [0.25, 0.3) is 0 Å². The highest BCUT2D eigenvalue weighted by Gasteiger charge is 2.30. The van der Waals surface area contributed by atoms with Crippen molar-refractivity contribution in [2.24, 2.45) is 0 Å². The van der Waals surface area contributed by atoms with Gasteiger partial charge in [-0.15, -0.1) is 0 Å². The highest BCUT2D eigenvalue weighted by molar-refractivity contribution is 5.91. The third-order valence-corrected chi connectivity index (χ3v) is 5.96. The van der Waals surface area contributed by atoms with Crippen LogP contribution in [0.2, 0.25) is 0 Å². The van der Waals surface area contributed by atoms with Crippen molar-refractivity contribution in [1.82, 2.24) is 14.7 Å². The van der Waals surface area contributed by atoms with Crippen molar-refractivity contribution in [2.45, 2.75) is 32.4 Å². The van der Waals surface area contributed by atoms with Gasteiger partial charge < -0.3 is 15.1 Å². The summed E-state index contributed by atoms with van der Waals surface area (Å²) in [5.74, 6) is 0.497. The van der Waals surface area contributed by atoms with Gasteiger partial charge in [-0.3, -0.25) is 9.59 Å². The van der Waals surface area contributed by atoms with E-state index in [1.54, 1.807) is 28.8 Å². The summed E-state index contributed by atoms with van der Waals surface area (Å²) in [6, 6.07) is 17.8. The fraction of sp³-hybridized carbons (Fsp3) is 0.320. The van der Waals surface area contributed by atoms with Crippen LogP contribution in [0.3, 0.4) is 0 Å². The number of nitrogens with one attached hydrogen (secondary N) is 1. The van der Waals surface area contributed by atoms with Crippen molar-refractivity contribution >= 4 is 23.3 Å². The molecule has 1 aliphatic rings. The molecule has 1 aliphatic heterocycles. The van der Waals surface area contributed by atoms with E-state index in [-0.39, 0.29) is 24.3 Å². The van der Waals surface area contributed by atoms with Crippen molar-refractivity contribution in [2.75, 3.05) is 30.9 Å². The zero-order valence-electron chi connectivity index (χ0n) is 18.8. The molecule has 1 atom stereocenters. The number of amides is 2. The first-order valence-electron chi connectivity index (χ1n) is 10.9. The molecule has 2 amide bonds. The molecule has 0 saturated carbocycles. The quantitative estimate of drug-likeness (QED) is 0.649. The molecule has 1 unspecified atom stereocenters. The third-order valence-electron chi connectivity index (χ3n) is 5.96. The van der Waals surface area contributed by atoms with Crippen LogP contribution in [0.1, 0.15) is 36.1 Å². The second-order valence-electron chi connectivity index (χ2n) is 8.36. The van der Waals surface area contributed by atoms with Gasteiger partial charge in [0.15, 0.2) is 0 Å². The van der Waals surface area contributed by atoms with Crippen LogP contribution in [0.15, 0.2) is 60.8 Å². The summed E-state index contributed by atoms with van der Waals surface area (Å²) >= 11 is 0. The summed E-state index contributed by atoms with van der Waals surface area (Å²) in [4.78, 5) is 29.1. The Morgan fingerprint density at radius 3 is 2.56 bits per heavy atom. The topological polar surface area (TPSA) is 70.5 Å². The Labute approximate surface area is 188 Å². The van der Waals surface area contributed by atoms with Crippen LogP contribution < -0.4 is 10.2 Å². The van der Waals surface area contributed by atoms with Gasteiger partial charge in [0.2, 0.25) is 11.8 Å². The van der Waals surface area contributed by atoms with Crippen LogP contribution in [0.5, 0.6) is 0 Å². The SMILES string of the molecule is CC(=O)N1CCc2ccccc2C1CC(=O)Nc1ccnn1Cc1ccc(N(C)C)cc1. The first kappa shape index (κ1) is 21.6. The van der Waals surface area contributed by atoms with E-state index < -0.39 is 0 Å². The standard InChI is InChI=1S/C25H29N5O2/c1-18(31)29-15-13-20-6-4-5-7-22(20)23(29)16-25(32)27-24-12-14-26-30(24)17-19-8-10-21(11-9-19)28(2)3/h4-12,14,23H,13,15-17H2,1-3H3,(H,27,32). The molecule has 0 radical (unpaired) electrons. The van der Waals surface area contributed by atoms with Gasteiger partial charge in [-0.2, -0.15) is 5.10 Å². The Hall–Kier alpha value is -3.61. The molecule has 0 bridgehead atoms. The summed E-state index contributed by atoms with van der Waals surface area (Å²) in [7, 11) is 4.02. The molecular formula is C25H29N5O2. The third kappa shape index (κ3) is 4.66. The van der Waals surface area contributed by atoms with Gasteiger partial charge in [-0.05, 0) is 35.2 Å². The van der Waals surface area contributed by atoms with Crippen molar-refractivity contribution in [3.8, 4) is 0 Å². The molecule has 4 rings (SSSR count). The molecule has 3 aromatic rings. The maximum absolute atomic E-state index is 13.0. The van der Waals surface area contributed by atoms with E-state index in [4.69, 9.17) is 0 Å². The predicted octanol–water partition coefficient (Wildman–Crippen LogP) is 3.47. The smallest absolute Gasteiger partial charge is 0.227 e. The van der Waals surface area contributed by atoms with E-state index >= 15 is 0 Å². The lowest BCUT2D eigenvalue weighted by Crippen LogP contribution is -2.40. The first-order chi connectivity index (χ1) is 15.4. The van der Waals surface area contributed by atoms with Gasteiger partial charge in [-0.1, -0.05) is 36.4 Å². The minimum atomic E-state index is -0.257. The van der Waals surface area contributed by atoms with Gasteiger partial charge in [0, 0.05) is 39.3 Å². The minimum absolute atomic E-state index is 0.0106. The Bertz CT molecular complexity index is 1100. The number of rotatable bonds is 6. The number of carbonyl (C=O) groups excluding carboxylic acids is 2. The molecule has 0 saturated heterocycles. The number of nitrogens with zero attached hydrogens (tertiary/aromatic N) is 4. The van der Waals surface area contributed by atoms with Crippen LogP contribution in [0.25, 0.3) is 0 Å². The van der Waals surface area contributed by atoms with Crippen molar-refractivity contribution in [3.05, 3.63) is 77.5 Å². The molecule has 0 spiro atoms. The number of hydrogen-bond acceptors (Lipinski definition) is 4. The van der Waals surface area contributed by atoms with Crippen LogP contribution in [0.4, 0.5) is 11.5 Å². The summed E-state index contributed by atoms with van der Waals surface area (Å²) in [5.41, 5.74) is 4.48. The number of benzene rings is 2. The molecule has 0 aliphatic carbocycles. The number of carbonyl (C=O) groups is 2. The normalized spacial score (nSPS) is 15.2. The summed E-state index contributed by atoms with van der Waals surface area (Å²) in [5, 5.41) is 7.37. The van der Waals surface area contributed by atoms with Crippen LogP contribution in [0, 0.1) is 0 Å². The Morgan fingerprint density at radius 2 is 1.84 bits per heavy atom. The van der Waals surface area contributed by atoms with Gasteiger partial charge in [-0.25, -0.2) is 4.68 Å². The maximum Gasteiger partial charge on any atom is 0.227 e. The molecule has 32 heavy (non-hydrogen) atoms. The van der Waals surface area contributed by atoms with E-state index in [9.17, 15) is 9.59 Å². The molecule has 1 N–H and O–H groups in total. The highest BCUT2D eigenvalue weighted by atomic mass is 16.2. The van der Waals surface area contributed by atoms with E-state index in [1.165, 1.54) is 5.56 Å². The van der Waals surface area contributed by atoms with Crippen LogP contribution in [-0.2, 0) is 22.6 Å². The second-order valence-corrected chi connectivity index (χ2v) is 8.36. The van der Waals surface area contributed by atoms with Crippen molar-refractivity contribution in [3.63, 3.8) is 0 Å².